The first-order valence-corrected chi connectivity index (χ1v) is 6.00. The van der Waals surface area contributed by atoms with Gasteiger partial charge in [0.05, 0.1) is 0 Å². The minimum atomic E-state index is 0.607. The second-order valence-electron chi connectivity index (χ2n) is 3.86. The molecule has 0 unspecified atom stereocenters. The Morgan fingerprint density at radius 2 is 2.29 bits per heavy atom. The molecule has 0 aliphatic heterocycles. The fourth-order valence-electron chi connectivity index (χ4n) is 2.00. The van der Waals surface area contributed by atoms with E-state index in [1.54, 1.807) is 11.3 Å². The Balaban J connectivity index is 2.05. The monoisotopic (exact) mass is 211 g/mol. The van der Waals surface area contributed by atoms with E-state index in [-0.39, 0.29) is 0 Å². The highest BCUT2D eigenvalue weighted by Crippen LogP contribution is 2.29. The van der Waals surface area contributed by atoms with E-state index in [4.69, 9.17) is 5.73 Å². The molecule has 2 N–H and O–H groups in total. The molecule has 2 rings (SSSR count). The van der Waals surface area contributed by atoms with E-state index in [2.05, 4.69) is 16.9 Å². The molecule has 0 amide bonds. The Hall–Kier alpha value is -0.610. The predicted molar refractivity (Wildman–Crippen MR) is 60.7 cm³/mol. The predicted octanol–water partition coefficient (Wildman–Crippen LogP) is 1.98. The second-order valence-corrected chi connectivity index (χ2v) is 4.96. The highest BCUT2D eigenvalue weighted by molar-refractivity contribution is 7.15. The van der Waals surface area contributed by atoms with E-state index in [1.165, 1.54) is 30.6 Å². The average Bonchev–Trinajstić information content (AvgIpc) is 2.88. The lowest BCUT2D eigenvalue weighted by Crippen LogP contribution is -2.28. The summed E-state index contributed by atoms with van der Waals surface area (Å²) in [6.07, 6.45) is 7.25. The molecule has 1 aliphatic carbocycles. The van der Waals surface area contributed by atoms with Gasteiger partial charge < -0.3 is 10.6 Å². The van der Waals surface area contributed by atoms with Gasteiger partial charge in [0.1, 0.15) is 0 Å². The summed E-state index contributed by atoms with van der Waals surface area (Å²) >= 11 is 1.72. The van der Waals surface area contributed by atoms with Crippen molar-refractivity contribution in [3.63, 3.8) is 0 Å². The van der Waals surface area contributed by atoms with Gasteiger partial charge in [-0.15, -0.1) is 11.3 Å². The van der Waals surface area contributed by atoms with Crippen molar-refractivity contribution in [3.05, 3.63) is 11.1 Å². The molecule has 1 aromatic heterocycles. The van der Waals surface area contributed by atoms with E-state index in [0.717, 1.165) is 5.13 Å². The summed E-state index contributed by atoms with van der Waals surface area (Å²) in [6, 6.07) is 0.701. The molecule has 0 aromatic carbocycles. The van der Waals surface area contributed by atoms with E-state index in [9.17, 15) is 0 Å². The Kier molecular flexibility index (Phi) is 3.03. The largest absolute Gasteiger partial charge is 0.348 e. The number of anilines is 1. The van der Waals surface area contributed by atoms with Gasteiger partial charge in [-0.1, -0.05) is 12.8 Å². The number of aromatic nitrogens is 1. The van der Waals surface area contributed by atoms with Crippen molar-refractivity contribution in [1.82, 2.24) is 4.98 Å². The van der Waals surface area contributed by atoms with Crippen LogP contribution in [0.15, 0.2) is 6.20 Å². The van der Waals surface area contributed by atoms with Crippen LogP contribution in [0.2, 0.25) is 0 Å². The summed E-state index contributed by atoms with van der Waals surface area (Å²) in [5, 5.41) is 1.12. The van der Waals surface area contributed by atoms with Crippen LogP contribution in [0.4, 0.5) is 5.13 Å². The van der Waals surface area contributed by atoms with Crippen molar-refractivity contribution in [1.29, 1.82) is 0 Å². The number of hydrogen-bond donors (Lipinski definition) is 1. The first kappa shape index (κ1) is 9.93. The maximum atomic E-state index is 5.57. The molecule has 4 heteroatoms. The van der Waals surface area contributed by atoms with Crippen LogP contribution in [0.1, 0.15) is 30.6 Å². The fourth-order valence-corrected chi connectivity index (χ4v) is 2.82. The number of thiazole rings is 1. The van der Waals surface area contributed by atoms with E-state index in [1.807, 2.05) is 6.20 Å². The first-order chi connectivity index (χ1) is 6.81. The number of rotatable bonds is 3. The minimum Gasteiger partial charge on any atom is -0.348 e. The maximum absolute atomic E-state index is 5.57. The molecule has 0 radical (unpaired) electrons. The second kappa shape index (κ2) is 4.28. The highest BCUT2D eigenvalue weighted by Gasteiger charge is 2.21. The van der Waals surface area contributed by atoms with Crippen molar-refractivity contribution >= 4 is 16.5 Å². The van der Waals surface area contributed by atoms with Crippen molar-refractivity contribution in [2.45, 2.75) is 38.3 Å². The van der Waals surface area contributed by atoms with Gasteiger partial charge in [0.25, 0.3) is 0 Å². The molecule has 3 nitrogen and oxygen atoms in total. The summed E-state index contributed by atoms with van der Waals surface area (Å²) in [4.78, 5) is 7.88. The molecule has 1 fully saturated rings. The summed E-state index contributed by atoms with van der Waals surface area (Å²) in [5.74, 6) is 0. The van der Waals surface area contributed by atoms with Crippen molar-refractivity contribution in [3.8, 4) is 0 Å². The zero-order valence-electron chi connectivity index (χ0n) is 8.57. The Morgan fingerprint density at radius 3 is 2.86 bits per heavy atom. The molecule has 0 saturated heterocycles. The molecule has 1 heterocycles. The minimum absolute atomic E-state index is 0.607. The van der Waals surface area contributed by atoms with Crippen molar-refractivity contribution in [2.24, 2.45) is 5.73 Å². The van der Waals surface area contributed by atoms with E-state index in [0.29, 0.717) is 12.6 Å². The van der Waals surface area contributed by atoms with Crippen LogP contribution in [0, 0.1) is 0 Å². The normalized spacial score (nSPS) is 17.6. The van der Waals surface area contributed by atoms with E-state index < -0.39 is 0 Å². The number of nitrogens with two attached hydrogens (primary N) is 1. The van der Waals surface area contributed by atoms with Gasteiger partial charge in [-0.25, -0.2) is 4.98 Å². The van der Waals surface area contributed by atoms with Crippen LogP contribution in [-0.4, -0.2) is 18.1 Å². The molecule has 14 heavy (non-hydrogen) atoms. The highest BCUT2D eigenvalue weighted by atomic mass is 32.1. The summed E-state index contributed by atoms with van der Waals surface area (Å²) < 4.78 is 0. The quantitative estimate of drug-likeness (QED) is 0.831. The summed E-state index contributed by atoms with van der Waals surface area (Å²) in [6.45, 7) is 0.607. The molecule has 78 valence electrons. The van der Waals surface area contributed by atoms with Crippen LogP contribution in [0.25, 0.3) is 0 Å². The number of nitrogens with zero attached hydrogens (tertiary/aromatic N) is 2. The van der Waals surface area contributed by atoms with Crippen LogP contribution >= 0.6 is 11.3 Å². The average molecular weight is 211 g/mol. The van der Waals surface area contributed by atoms with Crippen molar-refractivity contribution in [2.75, 3.05) is 11.9 Å². The summed E-state index contributed by atoms with van der Waals surface area (Å²) in [5.41, 5.74) is 5.57. The Morgan fingerprint density at radius 1 is 1.57 bits per heavy atom. The fraction of sp³-hybridized carbons (Fsp3) is 0.700. The molecule has 0 spiro atoms. The Bertz CT molecular complexity index is 291. The lowest BCUT2D eigenvalue weighted by molar-refractivity contribution is 0.651. The van der Waals surface area contributed by atoms with Gasteiger partial charge in [0.15, 0.2) is 5.13 Å². The lowest BCUT2D eigenvalue weighted by atomic mass is 10.2. The standard InChI is InChI=1S/C10H17N3S/c1-13(8-4-2-3-5-8)10-12-7-9(6-11)14-10/h7-8H,2-6,11H2,1H3. The van der Waals surface area contributed by atoms with Crippen molar-refractivity contribution < 1.29 is 0 Å². The maximum Gasteiger partial charge on any atom is 0.185 e. The lowest BCUT2D eigenvalue weighted by Gasteiger charge is -2.23. The SMILES string of the molecule is CN(c1ncc(CN)s1)C1CCCC1. The zero-order chi connectivity index (χ0) is 9.97. The zero-order valence-corrected chi connectivity index (χ0v) is 9.39. The number of hydrogen-bond acceptors (Lipinski definition) is 4. The molecule has 1 aromatic rings. The molecular weight excluding hydrogens is 194 g/mol. The molecular formula is C10H17N3S. The van der Waals surface area contributed by atoms with Crippen LogP contribution in [-0.2, 0) is 6.54 Å². The van der Waals surface area contributed by atoms with Gasteiger partial charge in [-0.3, -0.25) is 0 Å². The Labute approximate surface area is 88.9 Å². The van der Waals surface area contributed by atoms with Gasteiger partial charge in [0.2, 0.25) is 0 Å². The van der Waals surface area contributed by atoms with Crippen LogP contribution < -0.4 is 10.6 Å². The molecule has 1 saturated carbocycles. The third kappa shape index (κ3) is 1.91. The third-order valence-corrected chi connectivity index (χ3v) is 4.03. The molecule has 0 atom stereocenters. The van der Waals surface area contributed by atoms with Gasteiger partial charge in [-0.2, -0.15) is 0 Å². The third-order valence-electron chi connectivity index (χ3n) is 2.92. The molecule has 1 aliphatic rings. The van der Waals surface area contributed by atoms with Gasteiger partial charge >= 0.3 is 0 Å². The smallest absolute Gasteiger partial charge is 0.185 e. The van der Waals surface area contributed by atoms with Gasteiger partial charge in [0, 0.05) is 30.7 Å². The molecule has 0 bridgehead atoms. The summed E-state index contributed by atoms with van der Waals surface area (Å²) in [7, 11) is 2.15. The topological polar surface area (TPSA) is 42.2 Å². The van der Waals surface area contributed by atoms with Crippen LogP contribution in [0.3, 0.4) is 0 Å². The van der Waals surface area contributed by atoms with E-state index >= 15 is 0 Å². The first-order valence-electron chi connectivity index (χ1n) is 5.19. The van der Waals surface area contributed by atoms with Crippen LogP contribution in [0.5, 0.6) is 0 Å². The van der Waals surface area contributed by atoms with Gasteiger partial charge in [-0.05, 0) is 12.8 Å².